The first-order valence-corrected chi connectivity index (χ1v) is 12.2. The number of rotatable bonds is 6. The van der Waals surface area contributed by atoms with Gasteiger partial charge in [-0.1, -0.05) is 0 Å². The minimum Gasteiger partial charge on any atom is -0.490 e. The van der Waals surface area contributed by atoms with Gasteiger partial charge in [-0.25, -0.2) is 17.2 Å². The van der Waals surface area contributed by atoms with Crippen molar-refractivity contribution in [2.75, 3.05) is 32.9 Å². The Morgan fingerprint density at radius 1 is 0.971 bits per heavy atom. The molecule has 2 aliphatic heterocycles. The van der Waals surface area contributed by atoms with Gasteiger partial charge in [-0.3, -0.25) is 9.59 Å². The number of Topliss-reactive ketones (excluding diaryl/α,β-unsaturated/α-hetero) is 1. The number of halogens is 2. The SMILES string of the molecule is O=C(COC(=O)C1CCN(S(=O)(=O)c2ccc(F)c(F)c2)CC1)c1ccc2c(c1)OCCCO2. The summed E-state index contributed by atoms with van der Waals surface area (Å²) in [6.07, 6.45) is 1.09. The van der Waals surface area contributed by atoms with Crippen LogP contribution in [0.4, 0.5) is 8.78 Å². The van der Waals surface area contributed by atoms with Crippen molar-refractivity contribution in [2.24, 2.45) is 5.92 Å². The second-order valence-electron chi connectivity index (χ2n) is 8.00. The predicted molar refractivity (Wildman–Crippen MR) is 115 cm³/mol. The van der Waals surface area contributed by atoms with E-state index in [1.807, 2.05) is 0 Å². The minimum atomic E-state index is -4.02. The minimum absolute atomic E-state index is 0.0111. The lowest BCUT2D eigenvalue weighted by molar-refractivity contribution is -0.148. The van der Waals surface area contributed by atoms with Gasteiger partial charge in [0.2, 0.25) is 10.0 Å². The molecule has 4 rings (SSSR count). The number of piperidine rings is 1. The molecule has 0 aromatic heterocycles. The van der Waals surface area contributed by atoms with E-state index in [-0.39, 0.29) is 30.8 Å². The molecule has 0 bridgehead atoms. The summed E-state index contributed by atoms with van der Waals surface area (Å²) in [5.41, 5.74) is 0.324. The Balaban J connectivity index is 1.30. The van der Waals surface area contributed by atoms with Gasteiger partial charge in [-0.05, 0) is 49.2 Å². The Labute approximate surface area is 195 Å². The molecule has 0 spiro atoms. The Morgan fingerprint density at radius 2 is 1.68 bits per heavy atom. The largest absolute Gasteiger partial charge is 0.490 e. The fourth-order valence-electron chi connectivity index (χ4n) is 3.79. The molecule has 1 fully saturated rings. The van der Waals surface area contributed by atoms with E-state index < -0.39 is 45.9 Å². The fourth-order valence-corrected chi connectivity index (χ4v) is 5.27. The maximum Gasteiger partial charge on any atom is 0.309 e. The number of hydrogen-bond acceptors (Lipinski definition) is 7. The van der Waals surface area contributed by atoms with Crippen LogP contribution < -0.4 is 9.47 Å². The quantitative estimate of drug-likeness (QED) is 0.449. The van der Waals surface area contributed by atoms with Crippen LogP contribution in [0, 0.1) is 17.6 Å². The normalized spacial score (nSPS) is 17.1. The van der Waals surface area contributed by atoms with Crippen molar-refractivity contribution in [3.63, 3.8) is 0 Å². The molecular formula is C23H23F2NO7S. The summed E-state index contributed by atoms with van der Waals surface area (Å²) in [5, 5.41) is 0. The summed E-state index contributed by atoms with van der Waals surface area (Å²) in [4.78, 5) is 24.6. The second-order valence-corrected chi connectivity index (χ2v) is 9.94. The lowest BCUT2D eigenvalue weighted by Gasteiger charge is -2.30. The van der Waals surface area contributed by atoms with E-state index in [0.29, 0.717) is 36.3 Å². The smallest absolute Gasteiger partial charge is 0.309 e. The van der Waals surface area contributed by atoms with Crippen LogP contribution in [0.1, 0.15) is 29.6 Å². The Kier molecular flexibility index (Phi) is 7.13. The summed E-state index contributed by atoms with van der Waals surface area (Å²) in [7, 11) is -4.02. The molecule has 0 saturated carbocycles. The average Bonchev–Trinajstić information content (AvgIpc) is 3.09. The van der Waals surface area contributed by atoms with Crippen molar-refractivity contribution >= 4 is 21.8 Å². The van der Waals surface area contributed by atoms with Crippen molar-refractivity contribution in [2.45, 2.75) is 24.2 Å². The van der Waals surface area contributed by atoms with E-state index in [2.05, 4.69) is 0 Å². The van der Waals surface area contributed by atoms with E-state index in [9.17, 15) is 26.8 Å². The molecule has 0 N–H and O–H groups in total. The van der Waals surface area contributed by atoms with Gasteiger partial charge in [-0.2, -0.15) is 4.31 Å². The van der Waals surface area contributed by atoms with Crippen molar-refractivity contribution in [1.29, 1.82) is 0 Å². The zero-order valence-electron chi connectivity index (χ0n) is 18.2. The lowest BCUT2D eigenvalue weighted by Crippen LogP contribution is -2.40. The Bertz CT molecular complexity index is 1190. The fraction of sp³-hybridized carbons (Fsp3) is 0.391. The van der Waals surface area contributed by atoms with Crippen LogP contribution >= 0.6 is 0 Å². The Morgan fingerprint density at radius 3 is 2.38 bits per heavy atom. The second kappa shape index (κ2) is 10.1. The molecule has 0 unspecified atom stereocenters. The molecule has 0 amide bonds. The highest BCUT2D eigenvalue weighted by molar-refractivity contribution is 7.89. The number of ketones is 1. The summed E-state index contributed by atoms with van der Waals surface area (Å²) < 4.78 is 69.3. The van der Waals surface area contributed by atoms with E-state index in [4.69, 9.17) is 14.2 Å². The highest BCUT2D eigenvalue weighted by atomic mass is 32.2. The maximum atomic E-state index is 13.5. The molecule has 2 aromatic carbocycles. The number of fused-ring (bicyclic) bond motifs is 1. The number of ether oxygens (including phenoxy) is 3. The molecule has 34 heavy (non-hydrogen) atoms. The Hall–Kier alpha value is -3.05. The summed E-state index contributed by atoms with van der Waals surface area (Å²) >= 11 is 0. The van der Waals surface area contributed by atoms with Gasteiger partial charge in [0, 0.05) is 25.1 Å². The van der Waals surface area contributed by atoms with Crippen LogP contribution in [0.15, 0.2) is 41.3 Å². The number of hydrogen-bond donors (Lipinski definition) is 0. The van der Waals surface area contributed by atoms with Crippen molar-refractivity contribution in [3.8, 4) is 11.5 Å². The van der Waals surface area contributed by atoms with E-state index in [1.54, 1.807) is 18.2 Å². The van der Waals surface area contributed by atoms with Gasteiger partial charge in [0.05, 0.1) is 24.0 Å². The van der Waals surface area contributed by atoms with Crippen molar-refractivity contribution in [3.05, 3.63) is 53.6 Å². The molecule has 1 saturated heterocycles. The van der Waals surface area contributed by atoms with Gasteiger partial charge in [-0.15, -0.1) is 0 Å². The zero-order chi connectivity index (χ0) is 24.3. The van der Waals surface area contributed by atoms with E-state index in [0.717, 1.165) is 22.9 Å². The summed E-state index contributed by atoms with van der Waals surface area (Å²) in [5.74, 6) is -2.94. The molecule has 182 valence electrons. The molecule has 11 heteroatoms. The molecule has 2 aromatic rings. The number of nitrogens with zero attached hydrogens (tertiary/aromatic N) is 1. The van der Waals surface area contributed by atoms with E-state index in [1.165, 1.54) is 0 Å². The third-order valence-corrected chi connectivity index (χ3v) is 7.63. The number of esters is 1. The highest BCUT2D eigenvalue weighted by Gasteiger charge is 2.33. The molecule has 0 aliphatic carbocycles. The number of sulfonamides is 1. The molecule has 2 aliphatic rings. The van der Waals surface area contributed by atoms with Crippen LogP contribution in [0.3, 0.4) is 0 Å². The summed E-state index contributed by atoms with van der Waals surface area (Å²) in [6.45, 7) is 0.573. The number of carbonyl (C=O) groups excluding carboxylic acids is 2. The molecule has 0 atom stereocenters. The topological polar surface area (TPSA) is 99.2 Å². The van der Waals surface area contributed by atoms with Crippen molar-refractivity contribution in [1.82, 2.24) is 4.31 Å². The van der Waals surface area contributed by atoms with Gasteiger partial charge >= 0.3 is 5.97 Å². The van der Waals surface area contributed by atoms with Gasteiger partial charge in [0.1, 0.15) is 0 Å². The average molecular weight is 496 g/mol. The molecule has 2 heterocycles. The standard InChI is InChI=1S/C23H23F2NO7S/c24-18-4-3-17(13-19(18)25)34(29,30)26-8-6-15(7-9-26)23(28)33-14-20(27)16-2-5-21-22(12-16)32-11-1-10-31-21/h2-5,12-13,15H,1,6-11,14H2. The van der Waals surface area contributed by atoms with Gasteiger partial charge in [0.25, 0.3) is 0 Å². The van der Waals surface area contributed by atoms with Crippen LogP contribution in [-0.4, -0.2) is 57.4 Å². The third-order valence-electron chi connectivity index (χ3n) is 5.73. The number of benzene rings is 2. The first kappa shape index (κ1) is 24.1. The molecule has 8 nitrogen and oxygen atoms in total. The molecular weight excluding hydrogens is 472 g/mol. The van der Waals surface area contributed by atoms with Crippen LogP contribution in [0.25, 0.3) is 0 Å². The van der Waals surface area contributed by atoms with Crippen molar-refractivity contribution < 1.29 is 41.0 Å². The van der Waals surface area contributed by atoms with E-state index >= 15 is 0 Å². The first-order chi connectivity index (χ1) is 16.3. The van der Waals surface area contributed by atoms with Gasteiger partial charge < -0.3 is 14.2 Å². The van der Waals surface area contributed by atoms with Gasteiger partial charge in [0.15, 0.2) is 35.5 Å². The third kappa shape index (κ3) is 5.20. The van der Waals surface area contributed by atoms with Crippen LogP contribution in [-0.2, 0) is 19.6 Å². The number of carbonyl (C=O) groups is 2. The highest BCUT2D eigenvalue weighted by Crippen LogP contribution is 2.31. The predicted octanol–water partition coefficient (Wildman–Crippen LogP) is 2.95. The zero-order valence-corrected chi connectivity index (χ0v) is 19.0. The summed E-state index contributed by atoms with van der Waals surface area (Å²) in [6, 6.07) is 7.16. The maximum absolute atomic E-state index is 13.5. The monoisotopic (exact) mass is 495 g/mol. The lowest BCUT2D eigenvalue weighted by atomic mass is 9.98. The first-order valence-electron chi connectivity index (χ1n) is 10.8. The van der Waals surface area contributed by atoms with Crippen LogP contribution in [0.2, 0.25) is 0 Å². The van der Waals surface area contributed by atoms with Crippen LogP contribution in [0.5, 0.6) is 11.5 Å². The molecule has 0 radical (unpaired) electrons.